The third-order valence-corrected chi connectivity index (χ3v) is 4.06. The van der Waals surface area contributed by atoms with Gasteiger partial charge in [0.25, 0.3) is 5.91 Å². The van der Waals surface area contributed by atoms with E-state index in [2.05, 4.69) is 10.6 Å². The summed E-state index contributed by atoms with van der Waals surface area (Å²) in [7, 11) is 0. The molecular formula is C15H14Cl2N2O2S. The first-order chi connectivity index (χ1) is 10.5. The summed E-state index contributed by atoms with van der Waals surface area (Å²) in [4.78, 5) is 24.2. The molecule has 0 bridgehead atoms. The van der Waals surface area contributed by atoms with Crippen LogP contribution < -0.4 is 10.6 Å². The van der Waals surface area contributed by atoms with E-state index in [-0.39, 0.29) is 11.8 Å². The van der Waals surface area contributed by atoms with Crippen LogP contribution in [0.2, 0.25) is 10.0 Å². The maximum absolute atomic E-state index is 11.8. The van der Waals surface area contributed by atoms with Crippen molar-refractivity contribution in [3.05, 3.63) is 50.6 Å². The van der Waals surface area contributed by atoms with Crippen molar-refractivity contribution in [2.75, 3.05) is 11.9 Å². The Kier molecular flexibility index (Phi) is 6.24. The molecule has 0 radical (unpaired) electrons. The van der Waals surface area contributed by atoms with Gasteiger partial charge in [0.1, 0.15) is 0 Å². The highest BCUT2D eigenvalue weighted by Gasteiger charge is 2.07. The largest absolute Gasteiger partial charge is 0.351 e. The number of rotatable bonds is 6. The van der Waals surface area contributed by atoms with Crippen LogP contribution in [0.25, 0.3) is 0 Å². The zero-order valence-electron chi connectivity index (χ0n) is 11.6. The number of anilines is 1. The monoisotopic (exact) mass is 356 g/mol. The number of hydrogen-bond donors (Lipinski definition) is 2. The Morgan fingerprint density at radius 3 is 2.50 bits per heavy atom. The molecular weight excluding hydrogens is 343 g/mol. The zero-order valence-corrected chi connectivity index (χ0v) is 13.9. The number of amides is 2. The first-order valence-corrected chi connectivity index (χ1v) is 8.26. The molecule has 116 valence electrons. The van der Waals surface area contributed by atoms with Crippen molar-refractivity contribution >= 4 is 52.0 Å². The first-order valence-electron chi connectivity index (χ1n) is 6.62. The van der Waals surface area contributed by atoms with Crippen molar-refractivity contribution in [2.24, 2.45) is 0 Å². The van der Waals surface area contributed by atoms with Gasteiger partial charge in [0, 0.05) is 28.7 Å². The molecule has 0 aliphatic carbocycles. The van der Waals surface area contributed by atoms with Crippen LogP contribution >= 0.6 is 34.5 Å². The minimum atomic E-state index is -0.149. The molecule has 2 N–H and O–H groups in total. The predicted molar refractivity (Wildman–Crippen MR) is 91.0 cm³/mol. The minimum absolute atomic E-state index is 0.114. The van der Waals surface area contributed by atoms with Crippen molar-refractivity contribution < 1.29 is 9.59 Å². The van der Waals surface area contributed by atoms with E-state index in [0.29, 0.717) is 40.0 Å². The molecule has 1 heterocycles. The van der Waals surface area contributed by atoms with Crippen LogP contribution in [-0.2, 0) is 4.79 Å². The molecule has 7 heteroatoms. The first kappa shape index (κ1) is 16.8. The fraction of sp³-hybridized carbons (Fsp3) is 0.200. The smallest absolute Gasteiger partial charge is 0.261 e. The molecule has 0 aliphatic heterocycles. The predicted octanol–water partition coefficient (Wildman–Crippen LogP) is 4.20. The quantitative estimate of drug-likeness (QED) is 0.761. The van der Waals surface area contributed by atoms with E-state index in [0.717, 1.165) is 0 Å². The number of halogens is 2. The lowest BCUT2D eigenvalue weighted by atomic mass is 10.2. The number of carbonyl (C=O) groups excluding carboxylic acids is 2. The van der Waals surface area contributed by atoms with Gasteiger partial charge in [0.05, 0.1) is 4.88 Å². The molecule has 2 amide bonds. The molecule has 1 aromatic carbocycles. The molecule has 22 heavy (non-hydrogen) atoms. The third kappa shape index (κ3) is 5.33. The van der Waals surface area contributed by atoms with Gasteiger partial charge >= 0.3 is 0 Å². The maximum Gasteiger partial charge on any atom is 0.261 e. The van der Waals surface area contributed by atoms with Crippen molar-refractivity contribution in [2.45, 2.75) is 12.8 Å². The van der Waals surface area contributed by atoms with Gasteiger partial charge in [-0.05, 0) is 36.1 Å². The second-order valence-corrected chi connectivity index (χ2v) is 6.36. The van der Waals surface area contributed by atoms with E-state index >= 15 is 0 Å². The second kappa shape index (κ2) is 8.17. The van der Waals surface area contributed by atoms with Gasteiger partial charge in [-0.1, -0.05) is 29.3 Å². The molecule has 0 spiro atoms. The van der Waals surface area contributed by atoms with E-state index in [1.54, 1.807) is 24.3 Å². The van der Waals surface area contributed by atoms with Gasteiger partial charge in [-0.3, -0.25) is 9.59 Å². The van der Waals surface area contributed by atoms with Gasteiger partial charge in [-0.25, -0.2) is 0 Å². The van der Waals surface area contributed by atoms with Crippen molar-refractivity contribution in [3.63, 3.8) is 0 Å². The fourth-order valence-electron chi connectivity index (χ4n) is 1.80. The average Bonchev–Trinajstić information content (AvgIpc) is 2.96. The summed E-state index contributed by atoms with van der Waals surface area (Å²) >= 11 is 13.1. The van der Waals surface area contributed by atoms with Crippen LogP contribution in [-0.4, -0.2) is 18.4 Å². The number of benzene rings is 1. The van der Waals surface area contributed by atoms with Crippen LogP contribution in [0.4, 0.5) is 5.69 Å². The molecule has 0 aliphatic rings. The molecule has 0 saturated heterocycles. The molecule has 4 nitrogen and oxygen atoms in total. The number of hydrogen-bond acceptors (Lipinski definition) is 3. The molecule has 2 aromatic rings. The van der Waals surface area contributed by atoms with Gasteiger partial charge < -0.3 is 10.6 Å². The second-order valence-electron chi connectivity index (χ2n) is 4.54. The van der Waals surface area contributed by atoms with Crippen LogP contribution in [0, 0.1) is 0 Å². The van der Waals surface area contributed by atoms with Crippen LogP contribution in [0.3, 0.4) is 0 Å². The Labute approximate surface area is 142 Å². The third-order valence-electron chi connectivity index (χ3n) is 2.76. The van der Waals surface area contributed by atoms with Gasteiger partial charge in [-0.15, -0.1) is 11.3 Å². The average molecular weight is 357 g/mol. The highest BCUT2D eigenvalue weighted by Crippen LogP contribution is 2.22. The van der Waals surface area contributed by atoms with E-state index < -0.39 is 0 Å². The standard InChI is InChI=1S/C15H14Cl2N2O2S/c16-10-7-11(17)9-12(8-10)19-14(20)4-1-5-18-15(21)13-3-2-6-22-13/h2-3,6-9H,1,4-5H2,(H,18,21)(H,19,20). The van der Waals surface area contributed by atoms with Crippen LogP contribution in [0.1, 0.15) is 22.5 Å². The summed E-state index contributed by atoms with van der Waals surface area (Å²) in [6.45, 7) is 0.445. The fourth-order valence-corrected chi connectivity index (χ4v) is 2.96. The number of thiophene rings is 1. The Morgan fingerprint density at radius 2 is 1.86 bits per heavy atom. The lowest BCUT2D eigenvalue weighted by Gasteiger charge is -2.07. The van der Waals surface area contributed by atoms with Gasteiger partial charge in [0.15, 0.2) is 0 Å². The molecule has 0 atom stereocenters. The summed E-state index contributed by atoms with van der Waals surface area (Å²) in [5.41, 5.74) is 0.560. The van der Waals surface area contributed by atoms with E-state index in [4.69, 9.17) is 23.2 Å². The maximum atomic E-state index is 11.8. The zero-order chi connectivity index (χ0) is 15.9. The van der Waals surface area contributed by atoms with E-state index in [1.807, 2.05) is 11.4 Å². The highest BCUT2D eigenvalue weighted by molar-refractivity contribution is 7.12. The molecule has 0 saturated carbocycles. The van der Waals surface area contributed by atoms with Crippen molar-refractivity contribution in [1.29, 1.82) is 0 Å². The number of carbonyl (C=O) groups is 2. The minimum Gasteiger partial charge on any atom is -0.351 e. The SMILES string of the molecule is O=C(CCCNC(=O)c1cccs1)Nc1cc(Cl)cc(Cl)c1. The highest BCUT2D eigenvalue weighted by atomic mass is 35.5. The van der Waals surface area contributed by atoms with Gasteiger partial charge in [0.2, 0.25) is 5.91 Å². The normalized spacial score (nSPS) is 10.3. The Hall–Kier alpha value is -1.56. The summed E-state index contributed by atoms with van der Waals surface area (Å²) < 4.78 is 0. The molecule has 1 aromatic heterocycles. The van der Waals surface area contributed by atoms with Gasteiger partial charge in [-0.2, -0.15) is 0 Å². The van der Waals surface area contributed by atoms with Crippen LogP contribution in [0.15, 0.2) is 35.7 Å². The van der Waals surface area contributed by atoms with Crippen LogP contribution in [0.5, 0.6) is 0 Å². The lowest BCUT2D eigenvalue weighted by Crippen LogP contribution is -2.24. The van der Waals surface area contributed by atoms with E-state index in [9.17, 15) is 9.59 Å². The Balaban J connectivity index is 1.70. The Bertz CT molecular complexity index is 639. The molecule has 2 rings (SSSR count). The van der Waals surface area contributed by atoms with E-state index in [1.165, 1.54) is 11.3 Å². The molecule has 0 fully saturated rings. The lowest BCUT2D eigenvalue weighted by molar-refractivity contribution is -0.116. The number of nitrogens with one attached hydrogen (secondary N) is 2. The summed E-state index contributed by atoms with van der Waals surface area (Å²) in [5, 5.41) is 8.27. The summed E-state index contributed by atoms with van der Waals surface area (Å²) in [5.74, 6) is -0.263. The summed E-state index contributed by atoms with van der Waals surface area (Å²) in [6, 6.07) is 8.44. The Morgan fingerprint density at radius 1 is 1.14 bits per heavy atom. The van der Waals surface area contributed by atoms with Crippen molar-refractivity contribution in [3.8, 4) is 0 Å². The molecule has 0 unspecified atom stereocenters. The topological polar surface area (TPSA) is 58.2 Å². The summed E-state index contributed by atoms with van der Waals surface area (Å²) in [6.07, 6.45) is 0.853. The van der Waals surface area contributed by atoms with Crippen molar-refractivity contribution in [1.82, 2.24) is 5.32 Å².